The van der Waals surface area contributed by atoms with E-state index in [1.165, 1.54) is 9.78 Å². The highest BCUT2D eigenvalue weighted by atomic mass is 127. The Bertz CT molecular complexity index is 783. The number of benzene rings is 1. The van der Waals surface area contributed by atoms with Gasteiger partial charge in [-0.3, -0.25) is 4.79 Å². The Morgan fingerprint density at radius 2 is 2.00 bits per heavy atom. The molecule has 10 heteroatoms. The van der Waals surface area contributed by atoms with Crippen LogP contribution in [0.5, 0.6) is 0 Å². The van der Waals surface area contributed by atoms with E-state index in [2.05, 4.69) is 27.5 Å². The molecule has 2 rings (SSSR count). The van der Waals surface area contributed by atoms with E-state index >= 15 is 0 Å². The van der Waals surface area contributed by atoms with Gasteiger partial charge in [0.15, 0.2) is 5.96 Å². The second-order valence-electron chi connectivity index (χ2n) is 6.11. The Balaban J connectivity index is 0.00000420. The van der Waals surface area contributed by atoms with E-state index in [0.717, 1.165) is 27.1 Å². The van der Waals surface area contributed by atoms with Crippen LogP contribution in [0.1, 0.15) is 16.8 Å². The topological polar surface area (TPSA) is 69.6 Å². The molecule has 0 atom stereocenters. The lowest BCUT2D eigenvalue weighted by Crippen LogP contribution is -2.39. The molecule has 0 aliphatic carbocycles. The summed E-state index contributed by atoms with van der Waals surface area (Å²) >= 11 is 9.33. The summed E-state index contributed by atoms with van der Waals surface area (Å²) in [5, 5.41) is 8.28. The number of nitrogens with zero attached hydrogens (tertiary/aromatic N) is 3. The number of amides is 1. The summed E-state index contributed by atoms with van der Waals surface area (Å²) in [5.41, 5.74) is 0. The average Bonchev–Trinajstić information content (AvgIpc) is 3.15. The zero-order valence-electron chi connectivity index (χ0n) is 16.8. The SMILES string of the molecule is CCc1cnc(CNC(=NCC(=O)N(C)C)NCCSc2ccc(Cl)cc2)s1.I. The molecule has 1 aromatic heterocycles. The third kappa shape index (κ3) is 10.0. The number of hydrogen-bond donors (Lipinski definition) is 2. The number of carbonyl (C=O) groups is 1. The predicted octanol–water partition coefficient (Wildman–Crippen LogP) is 3.89. The molecule has 6 nitrogen and oxygen atoms in total. The van der Waals surface area contributed by atoms with Crippen LogP contribution in [0.2, 0.25) is 5.02 Å². The molecular formula is C19H27ClIN5OS2. The molecule has 2 N–H and O–H groups in total. The number of aromatic nitrogens is 1. The minimum absolute atomic E-state index is 0. The van der Waals surface area contributed by atoms with Crippen LogP contribution in [-0.2, 0) is 17.8 Å². The quantitative estimate of drug-likeness (QED) is 0.158. The molecule has 0 bridgehead atoms. The van der Waals surface area contributed by atoms with Gasteiger partial charge in [-0.15, -0.1) is 47.1 Å². The number of halogens is 2. The fourth-order valence-electron chi connectivity index (χ4n) is 2.08. The van der Waals surface area contributed by atoms with Crippen molar-refractivity contribution in [3.8, 4) is 0 Å². The van der Waals surface area contributed by atoms with Gasteiger partial charge in [0.2, 0.25) is 5.91 Å². The van der Waals surface area contributed by atoms with Crippen LogP contribution in [-0.4, -0.2) is 54.7 Å². The number of likely N-dealkylation sites (N-methyl/N-ethyl adjacent to an activating group) is 1. The van der Waals surface area contributed by atoms with Crippen molar-refractivity contribution >= 4 is 70.5 Å². The van der Waals surface area contributed by atoms with Crippen LogP contribution in [0, 0.1) is 0 Å². The van der Waals surface area contributed by atoms with Gasteiger partial charge in [-0.1, -0.05) is 18.5 Å². The van der Waals surface area contributed by atoms with E-state index in [9.17, 15) is 4.79 Å². The number of rotatable bonds is 9. The summed E-state index contributed by atoms with van der Waals surface area (Å²) in [5.74, 6) is 1.43. The van der Waals surface area contributed by atoms with Crippen molar-refractivity contribution in [2.75, 3.05) is 32.9 Å². The number of aryl methyl sites for hydroxylation is 1. The normalized spacial score (nSPS) is 11.0. The van der Waals surface area contributed by atoms with Gasteiger partial charge in [0.25, 0.3) is 0 Å². The number of hydrogen-bond acceptors (Lipinski definition) is 5. The van der Waals surface area contributed by atoms with Gasteiger partial charge in [-0.25, -0.2) is 9.98 Å². The van der Waals surface area contributed by atoms with E-state index in [0.29, 0.717) is 19.0 Å². The van der Waals surface area contributed by atoms with Crippen LogP contribution < -0.4 is 10.6 Å². The molecular weight excluding hydrogens is 541 g/mol. The first-order valence-corrected chi connectivity index (χ1v) is 11.2. The molecule has 0 aliphatic heterocycles. The highest BCUT2D eigenvalue weighted by Crippen LogP contribution is 2.19. The van der Waals surface area contributed by atoms with Crippen molar-refractivity contribution in [2.45, 2.75) is 24.8 Å². The predicted molar refractivity (Wildman–Crippen MR) is 135 cm³/mol. The van der Waals surface area contributed by atoms with Gasteiger partial charge in [0, 0.05) is 47.4 Å². The molecule has 0 spiro atoms. The van der Waals surface area contributed by atoms with Crippen LogP contribution in [0.15, 0.2) is 40.4 Å². The first kappa shape index (κ1) is 26.0. The summed E-state index contributed by atoms with van der Waals surface area (Å²) < 4.78 is 0. The standard InChI is InChI=1S/C19H26ClN5OS2.HI/c1-4-15-11-22-17(28-15)12-23-19(24-13-18(26)25(2)3)21-9-10-27-16-7-5-14(20)6-8-16;/h5-8,11H,4,9-10,12-13H2,1-3H3,(H2,21,23,24);1H. The Morgan fingerprint density at radius 1 is 1.28 bits per heavy atom. The Kier molecular flexibility index (Phi) is 12.6. The van der Waals surface area contributed by atoms with Crippen molar-refractivity contribution in [2.24, 2.45) is 4.99 Å². The monoisotopic (exact) mass is 567 g/mol. The lowest BCUT2D eigenvalue weighted by molar-refractivity contribution is -0.127. The van der Waals surface area contributed by atoms with Gasteiger partial charge < -0.3 is 15.5 Å². The third-order valence-corrected chi connectivity index (χ3v) is 6.11. The fraction of sp³-hybridized carbons (Fsp3) is 0.421. The van der Waals surface area contributed by atoms with Gasteiger partial charge in [-0.2, -0.15) is 0 Å². The van der Waals surface area contributed by atoms with Crippen molar-refractivity contribution in [1.82, 2.24) is 20.5 Å². The van der Waals surface area contributed by atoms with E-state index in [4.69, 9.17) is 11.6 Å². The molecule has 2 aromatic rings. The van der Waals surface area contributed by atoms with E-state index in [-0.39, 0.29) is 36.4 Å². The molecule has 0 fully saturated rings. The van der Waals surface area contributed by atoms with Gasteiger partial charge in [0.05, 0.1) is 6.54 Å². The largest absolute Gasteiger partial charge is 0.356 e. The Labute approximate surface area is 202 Å². The minimum atomic E-state index is -0.0424. The lowest BCUT2D eigenvalue weighted by atomic mass is 10.4. The van der Waals surface area contributed by atoms with Crippen LogP contribution in [0.25, 0.3) is 0 Å². The second-order valence-corrected chi connectivity index (χ2v) is 8.91. The molecule has 160 valence electrons. The summed E-state index contributed by atoms with van der Waals surface area (Å²) in [4.78, 5) is 24.6. The van der Waals surface area contributed by atoms with Crippen molar-refractivity contribution in [1.29, 1.82) is 0 Å². The zero-order chi connectivity index (χ0) is 20.4. The summed E-state index contributed by atoms with van der Waals surface area (Å²) in [7, 11) is 3.45. The van der Waals surface area contributed by atoms with Gasteiger partial charge in [0.1, 0.15) is 11.6 Å². The second kappa shape index (κ2) is 14.1. The molecule has 0 radical (unpaired) electrons. The maximum absolute atomic E-state index is 11.8. The molecule has 29 heavy (non-hydrogen) atoms. The summed E-state index contributed by atoms with van der Waals surface area (Å²) in [6.07, 6.45) is 2.89. The molecule has 0 saturated heterocycles. The third-order valence-electron chi connectivity index (χ3n) is 3.71. The van der Waals surface area contributed by atoms with Crippen molar-refractivity contribution < 1.29 is 4.79 Å². The lowest BCUT2D eigenvalue weighted by Gasteiger charge is -2.13. The zero-order valence-corrected chi connectivity index (χ0v) is 21.5. The molecule has 0 aliphatic rings. The van der Waals surface area contributed by atoms with Crippen molar-refractivity contribution in [3.05, 3.63) is 45.4 Å². The number of thioether (sulfide) groups is 1. The van der Waals surface area contributed by atoms with E-state index < -0.39 is 0 Å². The van der Waals surface area contributed by atoms with E-state index in [1.807, 2.05) is 30.5 Å². The van der Waals surface area contributed by atoms with Crippen LogP contribution in [0.3, 0.4) is 0 Å². The molecule has 0 saturated carbocycles. The smallest absolute Gasteiger partial charge is 0.243 e. The summed E-state index contributed by atoms with van der Waals surface area (Å²) in [6.45, 7) is 3.51. The highest BCUT2D eigenvalue weighted by molar-refractivity contribution is 14.0. The molecule has 1 amide bonds. The van der Waals surface area contributed by atoms with Gasteiger partial charge in [-0.05, 0) is 30.7 Å². The number of thiazole rings is 1. The minimum Gasteiger partial charge on any atom is -0.356 e. The Morgan fingerprint density at radius 3 is 2.62 bits per heavy atom. The number of guanidine groups is 1. The number of carbonyl (C=O) groups excluding carboxylic acids is 1. The molecule has 1 aromatic carbocycles. The maximum atomic E-state index is 11.8. The van der Waals surface area contributed by atoms with E-state index in [1.54, 1.807) is 37.2 Å². The number of nitrogens with one attached hydrogen (secondary N) is 2. The Hall–Kier alpha value is -1.04. The first-order valence-electron chi connectivity index (χ1n) is 9.02. The van der Waals surface area contributed by atoms with Crippen LogP contribution >= 0.6 is 58.7 Å². The average molecular weight is 568 g/mol. The highest BCUT2D eigenvalue weighted by Gasteiger charge is 2.06. The number of aliphatic imine (C=N–C) groups is 1. The summed E-state index contributed by atoms with van der Waals surface area (Å²) in [6, 6.07) is 7.78. The van der Waals surface area contributed by atoms with Gasteiger partial charge >= 0.3 is 0 Å². The molecule has 0 unspecified atom stereocenters. The fourth-order valence-corrected chi connectivity index (χ4v) is 3.78. The van der Waals surface area contributed by atoms with Crippen LogP contribution in [0.4, 0.5) is 0 Å². The maximum Gasteiger partial charge on any atom is 0.243 e. The molecule has 1 heterocycles. The first-order chi connectivity index (χ1) is 13.5. The van der Waals surface area contributed by atoms with Crippen molar-refractivity contribution in [3.63, 3.8) is 0 Å².